The highest BCUT2D eigenvalue weighted by atomic mass is 19.1. The van der Waals surface area contributed by atoms with Crippen molar-refractivity contribution in [1.29, 1.82) is 5.26 Å². The molecule has 0 atom stereocenters. The highest BCUT2D eigenvalue weighted by molar-refractivity contribution is 5.37. The molecule has 1 heterocycles. The van der Waals surface area contributed by atoms with Crippen LogP contribution < -0.4 is 0 Å². The van der Waals surface area contributed by atoms with E-state index in [-0.39, 0.29) is 0 Å². The summed E-state index contributed by atoms with van der Waals surface area (Å²) in [6.07, 6.45) is 3.46. The molecule has 15 heavy (non-hydrogen) atoms. The van der Waals surface area contributed by atoms with Crippen LogP contribution in [0.1, 0.15) is 11.1 Å². The quantitative estimate of drug-likeness (QED) is 0.745. The van der Waals surface area contributed by atoms with Crippen molar-refractivity contribution in [3.63, 3.8) is 0 Å². The number of benzene rings is 1. The van der Waals surface area contributed by atoms with E-state index in [4.69, 9.17) is 5.26 Å². The molecule has 0 aliphatic carbocycles. The molecule has 0 unspecified atom stereocenters. The second kappa shape index (κ2) is 3.93. The fraction of sp³-hybridized carbons (Fsp3) is 0.0909. The molecule has 0 saturated heterocycles. The van der Waals surface area contributed by atoms with Crippen molar-refractivity contribution in [3.05, 3.63) is 53.6 Å². The molecule has 2 rings (SSSR count). The van der Waals surface area contributed by atoms with Crippen LogP contribution in [0.15, 0.2) is 36.7 Å². The van der Waals surface area contributed by atoms with Gasteiger partial charge in [-0.15, -0.1) is 0 Å². The summed E-state index contributed by atoms with van der Waals surface area (Å²) in [5, 5.41) is 12.8. The van der Waals surface area contributed by atoms with Gasteiger partial charge in [-0.2, -0.15) is 10.4 Å². The molecule has 0 amide bonds. The monoisotopic (exact) mass is 201 g/mol. The molecule has 1 aromatic heterocycles. The molecule has 1 aromatic carbocycles. The zero-order valence-electron chi connectivity index (χ0n) is 7.89. The molecule has 74 valence electrons. The van der Waals surface area contributed by atoms with Crippen LogP contribution in [0.25, 0.3) is 0 Å². The molecule has 0 aliphatic rings. The Bertz CT molecular complexity index is 497. The van der Waals surface area contributed by atoms with Gasteiger partial charge in [0, 0.05) is 12.4 Å². The normalized spacial score (nSPS) is 9.87. The number of hydrogen-bond acceptors (Lipinski definition) is 2. The van der Waals surface area contributed by atoms with Gasteiger partial charge in [-0.05, 0) is 23.8 Å². The molecular weight excluding hydrogens is 193 g/mol. The molecule has 0 radical (unpaired) electrons. The molecule has 0 N–H and O–H groups in total. The topological polar surface area (TPSA) is 41.6 Å². The van der Waals surface area contributed by atoms with E-state index in [9.17, 15) is 4.39 Å². The fourth-order valence-electron chi connectivity index (χ4n) is 1.36. The van der Waals surface area contributed by atoms with Gasteiger partial charge >= 0.3 is 0 Å². The van der Waals surface area contributed by atoms with Crippen molar-refractivity contribution >= 4 is 0 Å². The van der Waals surface area contributed by atoms with E-state index in [0.29, 0.717) is 12.1 Å². The predicted octanol–water partition coefficient (Wildman–Crippen LogP) is 1.94. The van der Waals surface area contributed by atoms with Crippen LogP contribution >= 0.6 is 0 Å². The van der Waals surface area contributed by atoms with Gasteiger partial charge in [-0.25, -0.2) is 4.39 Å². The number of nitrogens with zero attached hydrogens (tertiary/aromatic N) is 3. The van der Waals surface area contributed by atoms with Crippen molar-refractivity contribution in [1.82, 2.24) is 9.78 Å². The third-order valence-corrected chi connectivity index (χ3v) is 2.08. The van der Waals surface area contributed by atoms with Crippen molar-refractivity contribution in [2.24, 2.45) is 0 Å². The Morgan fingerprint density at radius 2 is 2.33 bits per heavy atom. The molecular formula is C11H8FN3. The number of halogens is 1. The third kappa shape index (κ3) is 2.02. The summed E-state index contributed by atoms with van der Waals surface area (Å²) in [4.78, 5) is 0. The SMILES string of the molecule is N#Cc1cc(F)ccc1Cn1cccn1. The van der Waals surface area contributed by atoms with Crippen LogP contribution in [0.5, 0.6) is 0 Å². The first-order chi connectivity index (χ1) is 7.29. The first kappa shape index (κ1) is 9.41. The van der Waals surface area contributed by atoms with Gasteiger partial charge in [0.05, 0.1) is 18.2 Å². The zero-order valence-corrected chi connectivity index (χ0v) is 7.89. The average molecular weight is 201 g/mol. The predicted molar refractivity (Wildman–Crippen MR) is 52.4 cm³/mol. The lowest BCUT2D eigenvalue weighted by Gasteiger charge is -2.03. The lowest BCUT2D eigenvalue weighted by molar-refractivity contribution is 0.623. The Kier molecular flexibility index (Phi) is 2.46. The van der Waals surface area contributed by atoms with E-state index in [1.165, 1.54) is 12.1 Å². The van der Waals surface area contributed by atoms with Crippen molar-refractivity contribution in [2.45, 2.75) is 6.54 Å². The van der Waals surface area contributed by atoms with Gasteiger partial charge in [0.1, 0.15) is 5.82 Å². The number of aromatic nitrogens is 2. The Balaban J connectivity index is 2.33. The lowest BCUT2D eigenvalue weighted by Crippen LogP contribution is -2.02. The van der Waals surface area contributed by atoms with E-state index >= 15 is 0 Å². The molecule has 2 aromatic rings. The largest absolute Gasteiger partial charge is 0.268 e. The van der Waals surface area contributed by atoms with Gasteiger partial charge in [-0.3, -0.25) is 4.68 Å². The Morgan fingerprint density at radius 1 is 1.47 bits per heavy atom. The summed E-state index contributed by atoms with van der Waals surface area (Å²) >= 11 is 0. The van der Waals surface area contributed by atoms with Crippen LogP contribution in [-0.4, -0.2) is 9.78 Å². The van der Waals surface area contributed by atoms with E-state index in [1.807, 2.05) is 6.07 Å². The second-order valence-corrected chi connectivity index (χ2v) is 3.12. The lowest BCUT2D eigenvalue weighted by atomic mass is 10.1. The smallest absolute Gasteiger partial charge is 0.124 e. The summed E-state index contributed by atoms with van der Waals surface area (Å²) in [6, 6.07) is 7.96. The number of rotatable bonds is 2. The van der Waals surface area contributed by atoms with Crippen LogP contribution in [0, 0.1) is 17.1 Å². The van der Waals surface area contributed by atoms with Gasteiger partial charge in [0.15, 0.2) is 0 Å². The highest BCUT2D eigenvalue weighted by Crippen LogP contribution is 2.11. The van der Waals surface area contributed by atoms with Crippen LogP contribution in [0.3, 0.4) is 0 Å². The Labute approximate surface area is 86.4 Å². The summed E-state index contributed by atoms with van der Waals surface area (Å²) in [5.41, 5.74) is 1.12. The Hall–Kier alpha value is -2.15. The van der Waals surface area contributed by atoms with E-state index in [2.05, 4.69) is 5.10 Å². The van der Waals surface area contributed by atoms with Crippen LogP contribution in [-0.2, 0) is 6.54 Å². The van der Waals surface area contributed by atoms with Gasteiger partial charge in [0.25, 0.3) is 0 Å². The van der Waals surface area contributed by atoms with Crippen LogP contribution in [0.2, 0.25) is 0 Å². The first-order valence-electron chi connectivity index (χ1n) is 4.45. The summed E-state index contributed by atoms with van der Waals surface area (Å²) < 4.78 is 14.5. The van der Waals surface area contributed by atoms with Crippen molar-refractivity contribution in [3.8, 4) is 6.07 Å². The molecule has 0 bridgehead atoms. The van der Waals surface area contributed by atoms with Gasteiger partial charge in [0.2, 0.25) is 0 Å². The zero-order chi connectivity index (χ0) is 10.7. The van der Waals surface area contributed by atoms with Gasteiger partial charge < -0.3 is 0 Å². The van der Waals surface area contributed by atoms with E-state index in [1.54, 1.807) is 29.2 Å². The van der Waals surface area contributed by atoms with Crippen molar-refractivity contribution in [2.75, 3.05) is 0 Å². The Morgan fingerprint density at radius 3 is 3.00 bits per heavy atom. The summed E-state index contributed by atoms with van der Waals surface area (Å²) in [5.74, 6) is -0.393. The standard InChI is InChI=1S/C11H8FN3/c12-11-3-2-9(10(6-11)7-13)8-15-5-1-4-14-15/h1-6H,8H2. The average Bonchev–Trinajstić information content (AvgIpc) is 2.73. The minimum atomic E-state index is -0.393. The molecule has 0 saturated carbocycles. The molecule has 0 aliphatic heterocycles. The highest BCUT2D eigenvalue weighted by Gasteiger charge is 2.04. The molecule has 0 fully saturated rings. The van der Waals surface area contributed by atoms with Crippen molar-refractivity contribution < 1.29 is 4.39 Å². The maximum atomic E-state index is 12.8. The molecule has 4 heteroatoms. The summed E-state index contributed by atoms with van der Waals surface area (Å²) in [7, 11) is 0. The minimum Gasteiger partial charge on any atom is -0.268 e. The third-order valence-electron chi connectivity index (χ3n) is 2.08. The number of nitriles is 1. The number of hydrogen-bond donors (Lipinski definition) is 0. The maximum Gasteiger partial charge on any atom is 0.124 e. The van der Waals surface area contributed by atoms with Gasteiger partial charge in [-0.1, -0.05) is 6.07 Å². The maximum absolute atomic E-state index is 12.8. The van der Waals surface area contributed by atoms with E-state index < -0.39 is 5.82 Å². The fourth-order valence-corrected chi connectivity index (χ4v) is 1.36. The second-order valence-electron chi connectivity index (χ2n) is 3.12. The summed E-state index contributed by atoms with van der Waals surface area (Å²) in [6.45, 7) is 0.482. The molecule has 0 spiro atoms. The van der Waals surface area contributed by atoms with E-state index in [0.717, 1.165) is 5.56 Å². The van der Waals surface area contributed by atoms with Crippen LogP contribution in [0.4, 0.5) is 4.39 Å². The minimum absolute atomic E-state index is 0.352. The first-order valence-corrected chi connectivity index (χ1v) is 4.45. The molecule has 3 nitrogen and oxygen atoms in total.